The summed E-state index contributed by atoms with van der Waals surface area (Å²) in [5.41, 5.74) is 5.31. The highest BCUT2D eigenvalue weighted by atomic mass is 16.2. The van der Waals surface area contributed by atoms with Gasteiger partial charge in [0, 0.05) is 50.1 Å². The van der Waals surface area contributed by atoms with Crippen LogP contribution >= 0.6 is 0 Å². The lowest BCUT2D eigenvalue weighted by molar-refractivity contribution is -0.131. The van der Waals surface area contributed by atoms with Gasteiger partial charge in [0.2, 0.25) is 5.91 Å². The summed E-state index contributed by atoms with van der Waals surface area (Å²) in [7, 11) is 0. The van der Waals surface area contributed by atoms with E-state index in [2.05, 4.69) is 21.2 Å². The number of carbonyl (C=O) groups excluding carboxylic acids is 2. The Kier molecular flexibility index (Phi) is 6.65. The third-order valence-corrected chi connectivity index (χ3v) is 6.91. The van der Waals surface area contributed by atoms with Gasteiger partial charge in [-0.25, -0.2) is 0 Å². The van der Waals surface area contributed by atoms with Gasteiger partial charge in [-0.2, -0.15) is 0 Å². The van der Waals surface area contributed by atoms with Gasteiger partial charge in [0.05, 0.1) is 5.69 Å². The molecule has 0 atom stereocenters. The molecule has 1 saturated heterocycles. The van der Waals surface area contributed by atoms with Gasteiger partial charge in [0.1, 0.15) is 0 Å². The Hall–Kier alpha value is -3.54. The predicted octanol–water partition coefficient (Wildman–Crippen LogP) is 4.33. The molecular weight excluding hydrogens is 424 g/mol. The largest absolute Gasteiger partial charge is 0.352 e. The number of anilines is 1. The third kappa shape index (κ3) is 5.01. The maximum Gasteiger partial charge on any atom is 0.223 e. The van der Waals surface area contributed by atoms with Crippen molar-refractivity contribution >= 4 is 17.5 Å². The number of hydrogen-bond acceptors (Lipinski definition) is 5. The first-order valence-corrected chi connectivity index (χ1v) is 12.2. The second-order valence-corrected chi connectivity index (χ2v) is 9.12. The molecule has 1 aliphatic carbocycles. The van der Waals surface area contributed by atoms with E-state index >= 15 is 0 Å². The summed E-state index contributed by atoms with van der Waals surface area (Å²) in [5.74, 6) is 0.944. The molecule has 2 aromatic carbocycles. The third-order valence-electron chi connectivity index (χ3n) is 6.91. The van der Waals surface area contributed by atoms with E-state index in [-0.39, 0.29) is 24.5 Å². The molecule has 3 aromatic rings. The quantitative estimate of drug-likeness (QED) is 0.519. The molecule has 34 heavy (non-hydrogen) atoms. The van der Waals surface area contributed by atoms with Gasteiger partial charge < -0.3 is 9.80 Å². The first kappa shape index (κ1) is 22.3. The average molecular weight is 455 g/mol. The standard InChI is InChI=1S/C28H30N4O2/c33-26(24-11-10-21-6-4-5-9-23(21)20-24)13-15-28(34)32-18-16-31(17-19-32)27-14-12-25(29-30-27)22-7-2-1-3-8-22/h1-3,7-8,10-12,14,20H,4-6,9,13,15-19H2. The number of amides is 1. The highest BCUT2D eigenvalue weighted by Gasteiger charge is 2.23. The van der Waals surface area contributed by atoms with E-state index in [0.717, 1.165) is 35.5 Å². The van der Waals surface area contributed by atoms with Crippen LogP contribution in [0.25, 0.3) is 11.3 Å². The molecule has 6 nitrogen and oxygen atoms in total. The van der Waals surface area contributed by atoms with E-state index in [1.165, 1.54) is 24.0 Å². The molecule has 6 heteroatoms. The van der Waals surface area contributed by atoms with Crippen molar-refractivity contribution in [1.29, 1.82) is 0 Å². The van der Waals surface area contributed by atoms with Crippen LogP contribution in [0.3, 0.4) is 0 Å². The molecule has 0 spiro atoms. The fraction of sp³-hybridized carbons (Fsp3) is 0.357. The number of piperazine rings is 1. The van der Waals surface area contributed by atoms with Gasteiger partial charge in [0.15, 0.2) is 11.6 Å². The number of aryl methyl sites for hydroxylation is 2. The van der Waals surface area contributed by atoms with E-state index in [1.54, 1.807) is 0 Å². The lowest BCUT2D eigenvalue weighted by Crippen LogP contribution is -2.49. The van der Waals surface area contributed by atoms with Crippen LogP contribution in [-0.4, -0.2) is 53.0 Å². The number of fused-ring (bicyclic) bond motifs is 1. The molecule has 174 valence electrons. The van der Waals surface area contributed by atoms with E-state index in [9.17, 15) is 9.59 Å². The summed E-state index contributed by atoms with van der Waals surface area (Å²) >= 11 is 0. The van der Waals surface area contributed by atoms with Crippen molar-refractivity contribution in [2.75, 3.05) is 31.1 Å². The van der Waals surface area contributed by atoms with Crippen molar-refractivity contribution in [2.45, 2.75) is 38.5 Å². The summed E-state index contributed by atoms with van der Waals surface area (Å²) < 4.78 is 0. The zero-order chi connectivity index (χ0) is 23.3. The fourth-order valence-electron chi connectivity index (χ4n) is 4.87. The summed E-state index contributed by atoms with van der Waals surface area (Å²) in [6.07, 6.45) is 5.12. The van der Waals surface area contributed by atoms with Crippen LogP contribution < -0.4 is 4.90 Å². The maximum absolute atomic E-state index is 12.7. The van der Waals surface area contributed by atoms with Gasteiger partial charge in [-0.15, -0.1) is 10.2 Å². The fourth-order valence-corrected chi connectivity index (χ4v) is 4.87. The topological polar surface area (TPSA) is 66.4 Å². The normalized spacial score (nSPS) is 15.6. The Morgan fingerprint density at radius 3 is 2.26 bits per heavy atom. The highest BCUT2D eigenvalue weighted by Crippen LogP contribution is 2.23. The Labute approximate surface area is 200 Å². The Morgan fingerprint density at radius 2 is 1.53 bits per heavy atom. The van der Waals surface area contributed by atoms with Gasteiger partial charge in [-0.05, 0) is 55.0 Å². The number of hydrogen-bond donors (Lipinski definition) is 0. The van der Waals surface area contributed by atoms with Crippen LogP contribution in [-0.2, 0) is 17.6 Å². The van der Waals surface area contributed by atoms with Gasteiger partial charge in [-0.3, -0.25) is 9.59 Å². The van der Waals surface area contributed by atoms with E-state index in [0.29, 0.717) is 26.2 Å². The van der Waals surface area contributed by atoms with Crippen LogP contribution in [0.15, 0.2) is 60.7 Å². The molecule has 2 aliphatic rings. The molecule has 0 unspecified atom stereocenters. The number of ketones is 1. The summed E-state index contributed by atoms with van der Waals surface area (Å²) in [6.45, 7) is 2.69. The van der Waals surface area contributed by atoms with E-state index in [4.69, 9.17) is 0 Å². The number of benzene rings is 2. The lowest BCUT2D eigenvalue weighted by Gasteiger charge is -2.35. The van der Waals surface area contributed by atoms with Crippen LogP contribution in [0.4, 0.5) is 5.82 Å². The molecule has 2 heterocycles. The van der Waals surface area contributed by atoms with Gasteiger partial charge in [0.25, 0.3) is 0 Å². The average Bonchev–Trinajstić information content (AvgIpc) is 2.92. The second kappa shape index (κ2) is 10.2. The molecule has 1 amide bonds. The van der Waals surface area contributed by atoms with Crippen LogP contribution in [0.5, 0.6) is 0 Å². The maximum atomic E-state index is 12.7. The van der Waals surface area contributed by atoms with Crippen molar-refractivity contribution in [1.82, 2.24) is 15.1 Å². The van der Waals surface area contributed by atoms with E-state index in [1.807, 2.05) is 59.5 Å². The molecule has 0 bridgehead atoms. The first-order chi connectivity index (χ1) is 16.7. The molecule has 1 fully saturated rings. The SMILES string of the molecule is O=C(CCC(=O)N1CCN(c2ccc(-c3ccccc3)nn2)CC1)c1ccc2c(c1)CCCC2. The summed E-state index contributed by atoms with van der Waals surface area (Å²) in [6, 6.07) is 20.0. The summed E-state index contributed by atoms with van der Waals surface area (Å²) in [4.78, 5) is 29.4. The molecule has 0 saturated carbocycles. The first-order valence-electron chi connectivity index (χ1n) is 12.2. The molecule has 5 rings (SSSR count). The van der Waals surface area contributed by atoms with Crippen LogP contribution in [0.2, 0.25) is 0 Å². The van der Waals surface area contributed by atoms with Crippen molar-refractivity contribution in [2.24, 2.45) is 0 Å². The number of Topliss-reactive ketones (excluding diaryl/α,β-unsaturated/α-hetero) is 1. The predicted molar refractivity (Wildman–Crippen MR) is 133 cm³/mol. The number of carbonyl (C=O) groups is 2. The van der Waals surface area contributed by atoms with Crippen LogP contribution in [0, 0.1) is 0 Å². The highest BCUT2D eigenvalue weighted by molar-refractivity contribution is 5.98. The number of rotatable bonds is 6. The minimum atomic E-state index is 0.0523. The monoisotopic (exact) mass is 454 g/mol. The van der Waals surface area contributed by atoms with E-state index < -0.39 is 0 Å². The minimum absolute atomic E-state index is 0.0523. The Bertz CT molecular complexity index is 1150. The van der Waals surface area contributed by atoms with Crippen molar-refractivity contribution in [3.05, 3.63) is 77.4 Å². The van der Waals surface area contributed by atoms with Gasteiger partial charge in [-0.1, -0.05) is 42.5 Å². The van der Waals surface area contributed by atoms with Crippen molar-refractivity contribution in [3.8, 4) is 11.3 Å². The Morgan fingerprint density at radius 1 is 0.765 bits per heavy atom. The molecule has 1 aromatic heterocycles. The second-order valence-electron chi connectivity index (χ2n) is 9.12. The zero-order valence-electron chi connectivity index (χ0n) is 19.4. The smallest absolute Gasteiger partial charge is 0.223 e. The lowest BCUT2D eigenvalue weighted by atomic mass is 9.89. The van der Waals surface area contributed by atoms with Crippen molar-refractivity contribution < 1.29 is 9.59 Å². The zero-order valence-corrected chi connectivity index (χ0v) is 19.4. The summed E-state index contributed by atoms with van der Waals surface area (Å²) in [5, 5.41) is 8.77. The minimum Gasteiger partial charge on any atom is -0.352 e. The van der Waals surface area contributed by atoms with Gasteiger partial charge >= 0.3 is 0 Å². The number of aromatic nitrogens is 2. The molecule has 0 radical (unpaired) electrons. The van der Waals surface area contributed by atoms with Crippen LogP contribution in [0.1, 0.15) is 47.2 Å². The molecule has 1 aliphatic heterocycles. The molecule has 0 N–H and O–H groups in total. The Balaban J connectivity index is 1.11. The van der Waals surface area contributed by atoms with Crippen molar-refractivity contribution in [3.63, 3.8) is 0 Å². The number of nitrogens with zero attached hydrogens (tertiary/aromatic N) is 4. The molecular formula is C28H30N4O2.